The molecule has 0 saturated heterocycles. The lowest BCUT2D eigenvalue weighted by Gasteiger charge is -2.22. The molecule has 0 bridgehead atoms. The molecule has 1 aliphatic carbocycles. The molecule has 2 heteroatoms. The quantitative estimate of drug-likeness (QED) is 0.727. The van der Waals surface area contributed by atoms with Gasteiger partial charge in [-0.3, -0.25) is 4.79 Å². The van der Waals surface area contributed by atoms with E-state index in [0.29, 0.717) is 6.42 Å². The highest BCUT2D eigenvalue weighted by atomic mass is 16.3. The first kappa shape index (κ1) is 9.40. The molecule has 1 aromatic carbocycles. The lowest BCUT2D eigenvalue weighted by atomic mass is 9.80. The largest absolute Gasteiger partial charge is 0.468 e. The van der Waals surface area contributed by atoms with Gasteiger partial charge in [0.2, 0.25) is 0 Å². The Balaban J connectivity index is 2.14. The van der Waals surface area contributed by atoms with Crippen LogP contribution in [0.2, 0.25) is 0 Å². The summed E-state index contributed by atoms with van der Waals surface area (Å²) in [4.78, 5) is 12.0. The van der Waals surface area contributed by atoms with Gasteiger partial charge in [0.25, 0.3) is 0 Å². The zero-order valence-electron chi connectivity index (χ0n) is 8.85. The molecule has 0 amide bonds. The minimum Gasteiger partial charge on any atom is -0.468 e. The Bertz CT molecular complexity index is 511. The van der Waals surface area contributed by atoms with Gasteiger partial charge in [-0.15, -0.1) is 0 Å². The van der Waals surface area contributed by atoms with E-state index in [1.807, 2.05) is 30.3 Å². The second-order valence-electron chi connectivity index (χ2n) is 4.11. The monoisotopic (exact) mass is 212 g/mol. The maximum absolute atomic E-state index is 12.0. The average Bonchev–Trinajstić information content (AvgIpc) is 2.82. The number of fused-ring (bicyclic) bond motifs is 1. The highest BCUT2D eigenvalue weighted by molar-refractivity contribution is 5.90. The van der Waals surface area contributed by atoms with Gasteiger partial charge in [-0.25, -0.2) is 0 Å². The normalized spacial score (nSPS) is 19.5. The Morgan fingerprint density at radius 1 is 1.06 bits per heavy atom. The van der Waals surface area contributed by atoms with Gasteiger partial charge in [-0.2, -0.15) is 0 Å². The van der Waals surface area contributed by atoms with Gasteiger partial charge in [-0.05, 0) is 29.7 Å². The van der Waals surface area contributed by atoms with Gasteiger partial charge in [-0.1, -0.05) is 24.3 Å². The van der Waals surface area contributed by atoms with E-state index in [0.717, 1.165) is 17.7 Å². The molecule has 1 atom stereocenters. The molecule has 80 valence electrons. The molecule has 0 saturated carbocycles. The van der Waals surface area contributed by atoms with Crippen LogP contribution in [0.3, 0.4) is 0 Å². The minimum atomic E-state index is -0.194. The number of benzene rings is 1. The smallest absolute Gasteiger partial charge is 0.148 e. The highest BCUT2D eigenvalue weighted by Gasteiger charge is 2.30. The second-order valence-corrected chi connectivity index (χ2v) is 4.11. The molecule has 1 aliphatic rings. The summed E-state index contributed by atoms with van der Waals surface area (Å²) in [5, 5.41) is 0. The number of hydrogen-bond donors (Lipinski definition) is 0. The summed E-state index contributed by atoms with van der Waals surface area (Å²) in [6, 6.07) is 11.8. The number of rotatable bonds is 1. The number of hydrogen-bond acceptors (Lipinski definition) is 2. The van der Waals surface area contributed by atoms with E-state index in [2.05, 4.69) is 6.07 Å². The third-order valence-corrected chi connectivity index (χ3v) is 3.16. The minimum absolute atomic E-state index is 0.194. The molecule has 0 aliphatic heterocycles. The van der Waals surface area contributed by atoms with Crippen LogP contribution in [0.1, 0.15) is 29.2 Å². The first-order valence-electron chi connectivity index (χ1n) is 5.50. The maximum atomic E-state index is 12.0. The van der Waals surface area contributed by atoms with E-state index >= 15 is 0 Å². The zero-order chi connectivity index (χ0) is 11.0. The molecule has 0 radical (unpaired) electrons. The molecule has 16 heavy (non-hydrogen) atoms. The van der Waals surface area contributed by atoms with Crippen molar-refractivity contribution in [2.45, 2.75) is 18.8 Å². The first-order valence-corrected chi connectivity index (χ1v) is 5.50. The van der Waals surface area contributed by atoms with E-state index in [4.69, 9.17) is 4.42 Å². The Morgan fingerprint density at radius 2 is 1.94 bits per heavy atom. The predicted octanol–water partition coefficient (Wildman–Crippen LogP) is 2.93. The average molecular weight is 212 g/mol. The zero-order valence-corrected chi connectivity index (χ0v) is 8.85. The van der Waals surface area contributed by atoms with E-state index < -0.39 is 0 Å². The van der Waals surface area contributed by atoms with Crippen LogP contribution in [0.4, 0.5) is 0 Å². The molecular formula is C14H12O2. The molecule has 0 spiro atoms. The molecule has 3 rings (SSSR count). The van der Waals surface area contributed by atoms with Gasteiger partial charge in [0.05, 0.1) is 6.26 Å². The van der Waals surface area contributed by atoms with E-state index in [-0.39, 0.29) is 11.7 Å². The summed E-state index contributed by atoms with van der Waals surface area (Å²) in [7, 11) is 0. The van der Waals surface area contributed by atoms with Crippen molar-refractivity contribution in [2.75, 3.05) is 0 Å². The van der Waals surface area contributed by atoms with Crippen LogP contribution in [-0.2, 0) is 11.2 Å². The number of carbonyl (C=O) groups excluding carboxylic acids is 1. The summed E-state index contributed by atoms with van der Waals surface area (Å²) in [6.07, 6.45) is 3.09. The fourth-order valence-corrected chi connectivity index (χ4v) is 2.39. The highest BCUT2D eigenvalue weighted by Crippen LogP contribution is 2.34. The lowest BCUT2D eigenvalue weighted by molar-refractivity contribution is -0.120. The molecule has 1 heterocycles. The molecule has 2 nitrogen and oxygen atoms in total. The Morgan fingerprint density at radius 3 is 2.75 bits per heavy atom. The van der Waals surface area contributed by atoms with Crippen molar-refractivity contribution < 1.29 is 9.21 Å². The van der Waals surface area contributed by atoms with Crippen molar-refractivity contribution in [3.8, 4) is 0 Å². The van der Waals surface area contributed by atoms with Crippen molar-refractivity contribution in [2.24, 2.45) is 0 Å². The van der Waals surface area contributed by atoms with Gasteiger partial charge in [0, 0.05) is 6.42 Å². The molecule has 0 fully saturated rings. The van der Waals surface area contributed by atoms with Crippen LogP contribution < -0.4 is 0 Å². The molecule has 0 N–H and O–H groups in total. The van der Waals surface area contributed by atoms with Crippen LogP contribution in [0, 0.1) is 0 Å². The van der Waals surface area contributed by atoms with Crippen LogP contribution in [0.5, 0.6) is 0 Å². The van der Waals surface area contributed by atoms with Crippen molar-refractivity contribution in [3.05, 3.63) is 59.5 Å². The summed E-state index contributed by atoms with van der Waals surface area (Å²) >= 11 is 0. The van der Waals surface area contributed by atoms with E-state index in [1.165, 1.54) is 5.56 Å². The van der Waals surface area contributed by atoms with Gasteiger partial charge in [0.1, 0.15) is 17.5 Å². The maximum Gasteiger partial charge on any atom is 0.148 e. The predicted molar refractivity (Wildman–Crippen MR) is 60.3 cm³/mol. The fourth-order valence-electron chi connectivity index (χ4n) is 2.39. The van der Waals surface area contributed by atoms with Crippen LogP contribution >= 0.6 is 0 Å². The number of aryl methyl sites for hydroxylation is 1. The standard InChI is InChI=1S/C14H12O2/c15-12-8-7-10-4-1-2-5-11(10)14(12)13-6-3-9-16-13/h1-6,9,14H,7-8H2. The van der Waals surface area contributed by atoms with Crippen molar-refractivity contribution in [1.29, 1.82) is 0 Å². The summed E-state index contributed by atoms with van der Waals surface area (Å²) in [5.74, 6) is 0.825. The van der Waals surface area contributed by atoms with Crippen LogP contribution in [-0.4, -0.2) is 5.78 Å². The summed E-state index contributed by atoms with van der Waals surface area (Å²) in [5.41, 5.74) is 2.37. The van der Waals surface area contributed by atoms with E-state index in [1.54, 1.807) is 6.26 Å². The number of Topliss-reactive ketones (excluding diaryl/α,β-unsaturated/α-hetero) is 1. The van der Waals surface area contributed by atoms with Crippen molar-refractivity contribution in [1.82, 2.24) is 0 Å². The SMILES string of the molecule is O=C1CCc2ccccc2C1c1ccco1. The third kappa shape index (κ3) is 1.38. The van der Waals surface area contributed by atoms with Crippen molar-refractivity contribution in [3.63, 3.8) is 0 Å². The lowest BCUT2D eigenvalue weighted by Crippen LogP contribution is -2.20. The number of ketones is 1. The topological polar surface area (TPSA) is 30.2 Å². The van der Waals surface area contributed by atoms with Crippen molar-refractivity contribution >= 4 is 5.78 Å². The fraction of sp³-hybridized carbons (Fsp3) is 0.214. The van der Waals surface area contributed by atoms with E-state index in [9.17, 15) is 4.79 Å². The van der Waals surface area contributed by atoms with Gasteiger partial charge in [0.15, 0.2) is 0 Å². The first-order chi connectivity index (χ1) is 7.86. The third-order valence-electron chi connectivity index (χ3n) is 3.16. The van der Waals surface area contributed by atoms with Gasteiger partial charge >= 0.3 is 0 Å². The Hall–Kier alpha value is -1.83. The summed E-state index contributed by atoms with van der Waals surface area (Å²) < 4.78 is 5.38. The number of carbonyl (C=O) groups is 1. The van der Waals surface area contributed by atoms with Gasteiger partial charge < -0.3 is 4.42 Å². The Labute approximate surface area is 93.9 Å². The summed E-state index contributed by atoms with van der Waals surface area (Å²) in [6.45, 7) is 0. The second kappa shape index (κ2) is 3.63. The molecule has 2 aromatic rings. The Kier molecular flexibility index (Phi) is 2.13. The molecule has 1 aromatic heterocycles. The molecule has 1 unspecified atom stereocenters. The van der Waals surface area contributed by atoms with Crippen LogP contribution in [0.15, 0.2) is 47.1 Å². The molecular weight excluding hydrogens is 200 g/mol. The number of furan rings is 1. The van der Waals surface area contributed by atoms with Crippen LogP contribution in [0.25, 0.3) is 0 Å².